The van der Waals surface area contributed by atoms with Gasteiger partial charge in [0.15, 0.2) is 0 Å². The molecule has 114 valence electrons. The van der Waals surface area contributed by atoms with Gasteiger partial charge in [-0.1, -0.05) is 12.1 Å². The number of piperazine rings is 1. The van der Waals surface area contributed by atoms with Gasteiger partial charge in [0.05, 0.1) is 0 Å². The number of benzene rings is 1. The zero-order valence-electron chi connectivity index (χ0n) is 12.2. The lowest BCUT2D eigenvalue weighted by Crippen LogP contribution is -2.52. The Morgan fingerprint density at radius 3 is 2.14 bits per heavy atom. The molecule has 1 aliphatic carbocycles. The van der Waals surface area contributed by atoms with Crippen molar-refractivity contribution in [3.05, 3.63) is 24.3 Å². The van der Waals surface area contributed by atoms with E-state index in [2.05, 4.69) is 9.80 Å². The average molecular weight is 292 g/mol. The maximum atomic E-state index is 14.1. The Kier molecular flexibility index (Phi) is 4.20. The lowest BCUT2D eigenvalue weighted by molar-refractivity contribution is 0.0191. The van der Waals surface area contributed by atoms with Crippen LogP contribution >= 0.6 is 0 Å². The topological polar surface area (TPSA) is 46.9 Å². The van der Waals surface area contributed by atoms with Gasteiger partial charge in [-0.2, -0.15) is 0 Å². The highest BCUT2D eigenvalue weighted by molar-refractivity contribution is 6.58. The summed E-state index contributed by atoms with van der Waals surface area (Å²) in [5.41, 5.74) is 0.653. The van der Waals surface area contributed by atoms with Crippen molar-refractivity contribution in [2.45, 2.75) is 24.9 Å². The predicted octanol–water partition coefficient (Wildman–Crippen LogP) is 0.381. The van der Waals surface area contributed by atoms with Crippen molar-refractivity contribution in [2.24, 2.45) is 0 Å². The second-order valence-corrected chi connectivity index (χ2v) is 6.23. The van der Waals surface area contributed by atoms with Gasteiger partial charge in [0.25, 0.3) is 0 Å². The predicted molar refractivity (Wildman–Crippen MR) is 82.6 cm³/mol. The van der Waals surface area contributed by atoms with Crippen LogP contribution < -0.4 is 10.4 Å². The Bertz CT molecular complexity index is 471. The van der Waals surface area contributed by atoms with Crippen LogP contribution in [0.2, 0.25) is 0 Å². The number of nitrogens with zero attached hydrogens (tertiary/aromatic N) is 2. The maximum absolute atomic E-state index is 14.1. The second-order valence-electron chi connectivity index (χ2n) is 6.23. The molecule has 2 aliphatic rings. The van der Waals surface area contributed by atoms with Crippen LogP contribution in [0.4, 0.5) is 10.1 Å². The number of alkyl halides is 1. The molecule has 2 N–H and O–H groups in total. The summed E-state index contributed by atoms with van der Waals surface area (Å²) in [4.78, 5) is 4.48. The van der Waals surface area contributed by atoms with Crippen molar-refractivity contribution in [3.63, 3.8) is 0 Å². The van der Waals surface area contributed by atoms with E-state index in [4.69, 9.17) is 10.0 Å². The molecule has 1 aromatic rings. The molecule has 1 aromatic carbocycles. The Hall–Kier alpha value is -1.11. The van der Waals surface area contributed by atoms with Gasteiger partial charge in [-0.3, -0.25) is 4.90 Å². The zero-order valence-corrected chi connectivity index (χ0v) is 12.2. The first-order valence-electron chi connectivity index (χ1n) is 7.68. The molecule has 1 saturated carbocycles. The molecular formula is C15H22BFN2O2. The molecule has 0 amide bonds. The minimum Gasteiger partial charge on any atom is -0.423 e. The molecule has 0 spiro atoms. The fraction of sp³-hybridized carbons (Fsp3) is 0.600. The van der Waals surface area contributed by atoms with Crippen molar-refractivity contribution in [1.82, 2.24) is 4.90 Å². The maximum Gasteiger partial charge on any atom is 0.488 e. The summed E-state index contributed by atoms with van der Waals surface area (Å²) in [6.45, 7) is 4.12. The van der Waals surface area contributed by atoms with Gasteiger partial charge in [0, 0.05) is 38.4 Å². The zero-order chi connectivity index (χ0) is 14.9. The number of anilines is 1. The summed E-state index contributed by atoms with van der Waals surface area (Å²) >= 11 is 0. The lowest BCUT2D eigenvalue weighted by Gasteiger charge is -2.42. The summed E-state index contributed by atoms with van der Waals surface area (Å²) < 4.78 is 14.1. The Morgan fingerprint density at radius 1 is 1.05 bits per heavy atom. The molecule has 2 fully saturated rings. The van der Waals surface area contributed by atoms with E-state index in [1.165, 1.54) is 0 Å². The molecular weight excluding hydrogens is 270 g/mol. The highest BCUT2D eigenvalue weighted by atomic mass is 19.1. The fourth-order valence-electron chi connectivity index (χ4n) is 3.14. The first-order valence-corrected chi connectivity index (χ1v) is 7.68. The van der Waals surface area contributed by atoms with E-state index in [1.54, 1.807) is 12.1 Å². The van der Waals surface area contributed by atoms with E-state index in [0.29, 0.717) is 12.0 Å². The number of halogens is 1. The lowest BCUT2D eigenvalue weighted by atomic mass is 9.80. The van der Waals surface area contributed by atoms with E-state index in [1.807, 2.05) is 12.1 Å². The van der Waals surface area contributed by atoms with Crippen LogP contribution in [0.5, 0.6) is 0 Å². The van der Waals surface area contributed by atoms with Crippen molar-refractivity contribution < 1.29 is 14.4 Å². The van der Waals surface area contributed by atoms with Crippen LogP contribution in [0.25, 0.3) is 0 Å². The summed E-state index contributed by atoms with van der Waals surface area (Å²) in [6.07, 6.45) is 2.47. The Labute approximate surface area is 125 Å². The van der Waals surface area contributed by atoms with E-state index in [-0.39, 0.29) is 0 Å². The molecule has 0 atom stereocenters. The largest absolute Gasteiger partial charge is 0.488 e. The molecule has 0 radical (unpaired) electrons. The molecule has 0 unspecified atom stereocenters. The van der Waals surface area contributed by atoms with Crippen LogP contribution in [0.3, 0.4) is 0 Å². The van der Waals surface area contributed by atoms with Gasteiger partial charge >= 0.3 is 7.12 Å². The summed E-state index contributed by atoms with van der Waals surface area (Å²) in [7, 11) is -1.42. The average Bonchev–Trinajstić information content (AvgIpc) is 2.46. The van der Waals surface area contributed by atoms with E-state index < -0.39 is 12.8 Å². The monoisotopic (exact) mass is 292 g/mol. The molecule has 0 bridgehead atoms. The highest BCUT2D eigenvalue weighted by Gasteiger charge is 2.39. The second kappa shape index (κ2) is 5.95. The van der Waals surface area contributed by atoms with Gasteiger partial charge in [-0.05, 0) is 36.9 Å². The Balaban J connectivity index is 1.53. The third kappa shape index (κ3) is 3.39. The van der Waals surface area contributed by atoms with Crippen LogP contribution in [-0.2, 0) is 0 Å². The summed E-state index contributed by atoms with van der Waals surface area (Å²) in [5.74, 6) is 0. The molecule has 3 rings (SSSR count). The fourth-order valence-corrected chi connectivity index (χ4v) is 3.14. The third-order valence-electron chi connectivity index (χ3n) is 4.69. The smallest absolute Gasteiger partial charge is 0.423 e. The minimum absolute atomic E-state index is 0.502. The summed E-state index contributed by atoms with van der Waals surface area (Å²) in [6, 6.07) is 7.29. The summed E-state index contributed by atoms with van der Waals surface area (Å²) in [5, 5.41) is 18.2. The quantitative estimate of drug-likeness (QED) is 0.788. The normalized spacial score (nSPS) is 22.0. The van der Waals surface area contributed by atoms with E-state index in [9.17, 15) is 4.39 Å². The van der Waals surface area contributed by atoms with Crippen LogP contribution in [0, 0.1) is 0 Å². The minimum atomic E-state index is -1.42. The standard InChI is InChI=1S/C15H22BFN2O2/c17-15(6-1-7-15)12-18-8-10-19(11-9-18)14-4-2-13(3-5-14)16(20)21/h2-5,20-21H,1,6-12H2. The molecule has 0 aromatic heterocycles. The molecule has 1 heterocycles. The molecule has 6 heteroatoms. The number of hydrogen-bond donors (Lipinski definition) is 2. The SMILES string of the molecule is OB(O)c1ccc(N2CCN(CC3(F)CCC3)CC2)cc1. The molecule has 4 nitrogen and oxygen atoms in total. The van der Waals surface area contributed by atoms with Gasteiger partial charge in [-0.15, -0.1) is 0 Å². The number of rotatable bonds is 4. The van der Waals surface area contributed by atoms with Gasteiger partial charge in [-0.25, -0.2) is 4.39 Å². The van der Waals surface area contributed by atoms with Crippen LogP contribution in [0.15, 0.2) is 24.3 Å². The highest BCUT2D eigenvalue weighted by Crippen LogP contribution is 2.36. The van der Waals surface area contributed by atoms with Gasteiger partial charge in [0.1, 0.15) is 5.67 Å². The van der Waals surface area contributed by atoms with Crippen molar-refractivity contribution in [1.29, 1.82) is 0 Å². The van der Waals surface area contributed by atoms with Crippen LogP contribution in [-0.4, -0.2) is 60.5 Å². The molecule has 1 saturated heterocycles. The number of hydrogen-bond acceptors (Lipinski definition) is 4. The van der Waals surface area contributed by atoms with Crippen molar-refractivity contribution in [3.8, 4) is 0 Å². The van der Waals surface area contributed by atoms with Gasteiger partial charge < -0.3 is 14.9 Å². The molecule has 21 heavy (non-hydrogen) atoms. The molecule has 1 aliphatic heterocycles. The van der Waals surface area contributed by atoms with Gasteiger partial charge in [0.2, 0.25) is 0 Å². The first kappa shape index (κ1) is 14.8. The Morgan fingerprint density at radius 2 is 1.67 bits per heavy atom. The van der Waals surface area contributed by atoms with E-state index in [0.717, 1.165) is 51.1 Å². The van der Waals surface area contributed by atoms with E-state index >= 15 is 0 Å². The van der Waals surface area contributed by atoms with Crippen molar-refractivity contribution >= 4 is 18.3 Å². The van der Waals surface area contributed by atoms with Crippen LogP contribution in [0.1, 0.15) is 19.3 Å². The third-order valence-corrected chi connectivity index (χ3v) is 4.69. The van der Waals surface area contributed by atoms with Crippen molar-refractivity contribution in [2.75, 3.05) is 37.6 Å². The first-order chi connectivity index (χ1) is 10.1.